The number of pyridine rings is 1. The van der Waals surface area contributed by atoms with Gasteiger partial charge in [0.2, 0.25) is 0 Å². The third kappa shape index (κ3) is 3.57. The van der Waals surface area contributed by atoms with E-state index in [2.05, 4.69) is 12.2 Å². The molecule has 6 unspecified atom stereocenters. The predicted octanol–water partition coefficient (Wildman–Crippen LogP) is 1.71. The molecule has 0 bridgehead atoms. The van der Waals surface area contributed by atoms with Gasteiger partial charge in [-0.25, -0.2) is 4.79 Å². The maximum atomic E-state index is 13.5. The Morgan fingerprint density at radius 1 is 1.30 bits per heavy atom. The average Bonchev–Trinajstić information content (AvgIpc) is 3.19. The van der Waals surface area contributed by atoms with E-state index in [9.17, 15) is 14.7 Å². The van der Waals surface area contributed by atoms with Crippen LogP contribution in [0.2, 0.25) is 0 Å². The maximum Gasteiger partial charge on any atom is 0.343 e. The summed E-state index contributed by atoms with van der Waals surface area (Å²) in [5.74, 6) is 0.654. The minimum absolute atomic E-state index is 0.0583. The average molecular weight is 460 g/mol. The van der Waals surface area contributed by atoms with E-state index in [4.69, 9.17) is 15.2 Å². The fourth-order valence-electron chi connectivity index (χ4n) is 6.98. The first-order valence-electron chi connectivity index (χ1n) is 12.7. The SMILES string of the molecule is CCC1C2CC(OCCCN)CCC2NC2c3cc4c(c(=O)n3CC21)COC(=O)[C@]4(O)CC. The summed E-state index contributed by atoms with van der Waals surface area (Å²) in [5, 5.41) is 15.0. The molecule has 1 saturated carbocycles. The third-order valence-corrected chi connectivity index (χ3v) is 8.73. The molecule has 4 N–H and O–H groups in total. The lowest BCUT2D eigenvalue weighted by molar-refractivity contribution is -0.172. The normalized spacial score (nSPS) is 37.0. The second kappa shape index (κ2) is 8.80. The van der Waals surface area contributed by atoms with Crippen LogP contribution in [0.1, 0.15) is 75.2 Å². The molecule has 8 nitrogen and oxygen atoms in total. The highest BCUT2D eigenvalue weighted by Gasteiger charge is 2.52. The second-order valence-corrected chi connectivity index (χ2v) is 10.3. The lowest BCUT2D eigenvalue weighted by atomic mass is 9.65. The van der Waals surface area contributed by atoms with Gasteiger partial charge in [0, 0.05) is 36.4 Å². The van der Waals surface area contributed by atoms with E-state index in [1.807, 2.05) is 10.6 Å². The van der Waals surface area contributed by atoms with Crippen molar-refractivity contribution in [1.29, 1.82) is 0 Å². The Bertz CT molecular complexity index is 978. The van der Waals surface area contributed by atoms with E-state index in [1.165, 1.54) is 0 Å². The summed E-state index contributed by atoms with van der Waals surface area (Å²) in [6, 6.07) is 2.36. The highest BCUT2D eigenvalue weighted by Crippen LogP contribution is 2.50. The molecule has 1 aromatic rings. The van der Waals surface area contributed by atoms with Gasteiger partial charge >= 0.3 is 5.97 Å². The number of esters is 1. The van der Waals surface area contributed by atoms with E-state index < -0.39 is 11.6 Å². The molecule has 8 heteroatoms. The number of nitrogens with two attached hydrogens (primary N) is 1. The third-order valence-electron chi connectivity index (χ3n) is 8.73. The molecule has 1 aromatic heterocycles. The first-order valence-corrected chi connectivity index (χ1v) is 12.7. The summed E-state index contributed by atoms with van der Waals surface area (Å²) in [7, 11) is 0. The Balaban J connectivity index is 1.46. The molecular formula is C25H37N3O5. The quantitative estimate of drug-likeness (QED) is 0.438. The summed E-state index contributed by atoms with van der Waals surface area (Å²) in [5.41, 5.74) is 5.51. The summed E-state index contributed by atoms with van der Waals surface area (Å²) in [4.78, 5) is 25.9. The predicted molar refractivity (Wildman–Crippen MR) is 122 cm³/mol. The van der Waals surface area contributed by atoms with Crippen LogP contribution in [-0.4, -0.2) is 40.9 Å². The van der Waals surface area contributed by atoms with Crippen LogP contribution < -0.4 is 16.6 Å². The fourth-order valence-corrected chi connectivity index (χ4v) is 6.98. The Hall–Kier alpha value is -1.74. The van der Waals surface area contributed by atoms with Gasteiger partial charge in [0.1, 0.15) is 6.61 Å². The number of piperidine rings is 1. The second-order valence-electron chi connectivity index (χ2n) is 10.3. The summed E-state index contributed by atoms with van der Waals surface area (Å²) < 4.78 is 13.2. The fraction of sp³-hybridized carbons (Fsp3) is 0.760. The van der Waals surface area contributed by atoms with Crippen LogP contribution in [0, 0.1) is 17.8 Å². The minimum Gasteiger partial charge on any atom is -0.458 e. The van der Waals surface area contributed by atoms with E-state index >= 15 is 0 Å². The van der Waals surface area contributed by atoms with Crippen molar-refractivity contribution in [2.75, 3.05) is 13.2 Å². The molecule has 2 fully saturated rings. The number of rotatable bonds is 6. The van der Waals surface area contributed by atoms with Crippen molar-refractivity contribution in [2.45, 2.75) is 89.3 Å². The zero-order valence-corrected chi connectivity index (χ0v) is 19.7. The molecule has 1 aliphatic carbocycles. The van der Waals surface area contributed by atoms with Crippen LogP contribution in [0.5, 0.6) is 0 Å². The van der Waals surface area contributed by atoms with Gasteiger partial charge in [0.25, 0.3) is 5.56 Å². The number of carbonyl (C=O) groups is 1. The lowest BCUT2D eigenvalue weighted by Crippen LogP contribution is -2.54. The molecule has 182 valence electrons. The zero-order valence-electron chi connectivity index (χ0n) is 19.7. The number of hydrogen-bond acceptors (Lipinski definition) is 7. The Kier molecular flexibility index (Phi) is 6.14. The Morgan fingerprint density at radius 2 is 2.12 bits per heavy atom. The monoisotopic (exact) mass is 459 g/mol. The topological polar surface area (TPSA) is 116 Å². The molecule has 7 atom stereocenters. The number of nitrogens with one attached hydrogen (secondary N) is 1. The molecule has 0 aromatic carbocycles. The van der Waals surface area contributed by atoms with Crippen LogP contribution in [0.25, 0.3) is 0 Å². The van der Waals surface area contributed by atoms with Crippen LogP contribution in [0.15, 0.2) is 10.9 Å². The van der Waals surface area contributed by atoms with Crippen LogP contribution >= 0.6 is 0 Å². The van der Waals surface area contributed by atoms with E-state index in [0.29, 0.717) is 48.0 Å². The van der Waals surface area contributed by atoms with Crippen molar-refractivity contribution in [3.63, 3.8) is 0 Å². The number of carbonyl (C=O) groups excluding carboxylic acids is 1. The van der Waals surface area contributed by atoms with E-state index in [0.717, 1.165) is 44.4 Å². The first kappa shape index (κ1) is 23.0. The molecule has 4 heterocycles. The number of aliphatic hydroxyl groups is 1. The zero-order chi connectivity index (χ0) is 23.3. The van der Waals surface area contributed by atoms with Gasteiger partial charge in [-0.05, 0) is 56.6 Å². The van der Waals surface area contributed by atoms with Crippen molar-refractivity contribution < 1.29 is 19.4 Å². The Morgan fingerprint density at radius 3 is 2.85 bits per heavy atom. The van der Waals surface area contributed by atoms with E-state index in [1.54, 1.807) is 6.92 Å². The molecule has 1 saturated heterocycles. The van der Waals surface area contributed by atoms with Gasteiger partial charge in [-0.15, -0.1) is 0 Å². The van der Waals surface area contributed by atoms with Crippen molar-refractivity contribution in [3.05, 3.63) is 33.2 Å². The van der Waals surface area contributed by atoms with Gasteiger partial charge < -0.3 is 30.2 Å². The van der Waals surface area contributed by atoms with Crippen molar-refractivity contribution in [2.24, 2.45) is 23.5 Å². The molecule has 5 rings (SSSR count). The van der Waals surface area contributed by atoms with Gasteiger partial charge in [-0.2, -0.15) is 0 Å². The number of hydrogen-bond donors (Lipinski definition) is 3. The minimum atomic E-state index is -1.75. The highest BCUT2D eigenvalue weighted by molar-refractivity contribution is 5.83. The number of cyclic esters (lactones) is 1. The molecule has 0 radical (unpaired) electrons. The largest absolute Gasteiger partial charge is 0.458 e. The highest BCUT2D eigenvalue weighted by atomic mass is 16.6. The maximum absolute atomic E-state index is 13.5. The smallest absolute Gasteiger partial charge is 0.343 e. The lowest BCUT2D eigenvalue weighted by Gasteiger charge is -2.49. The molecule has 33 heavy (non-hydrogen) atoms. The van der Waals surface area contributed by atoms with Crippen LogP contribution in [0.4, 0.5) is 0 Å². The molecule has 0 amide bonds. The van der Waals surface area contributed by atoms with Crippen molar-refractivity contribution in [3.8, 4) is 0 Å². The van der Waals surface area contributed by atoms with Gasteiger partial charge in [0.15, 0.2) is 5.60 Å². The number of fused-ring (bicyclic) bond motifs is 5. The van der Waals surface area contributed by atoms with Crippen molar-refractivity contribution >= 4 is 5.97 Å². The van der Waals surface area contributed by atoms with Crippen molar-refractivity contribution in [1.82, 2.24) is 9.88 Å². The summed E-state index contributed by atoms with van der Waals surface area (Å²) in [6.45, 7) is 5.97. The summed E-state index contributed by atoms with van der Waals surface area (Å²) in [6.07, 6.45) is 5.54. The number of nitrogens with zero attached hydrogens (tertiary/aromatic N) is 1. The first-order chi connectivity index (χ1) is 15.9. The molecule has 0 spiro atoms. The molecule has 3 aliphatic heterocycles. The Labute approximate surface area is 194 Å². The van der Waals surface area contributed by atoms with Gasteiger partial charge in [-0.3, -0.25) is 4.79 Å². The van der Waals surface area contributed by atoms with E-state index in [-0.39, 0.29) is 30.7 Å². The molecule has 4 aliphatic rings. The van der Waals surface area contributed by atoms with Crippen LogP contribution in [0.3, 0.4) is 0 Å². The van der Waals surface area contributed by atoms with Crippen LogP contribution in [-0.2, 0) is 33.0 Å². The summed E-state index contributed by atoms with van der Waals surface area (Å²) >= 11 is 0. The standard InChI is InChI=1S/C25H37N3O5/c1-3-15-16-10-14(32-9-5-8-26)6-7-20(16)27-22-17(15)12-28-21(22)11-19-18(23(28)29)13-33-24(30)25(19,31)4-2/h11,14-17,20,22,27,31H,3-10,12-13,26H2,1-2H3/t14?,15?,16?,17?,20?,22?,25-/m0/s1. The van der Waals surface area contributed by atoms with Gasteiger partial charge in [0.05, 0.1) is 17.7 Å². The number of ether oxygens (including phenoxy) is 2. The molecular weight excluding hydrogens is 422 g/mol. The number of aromatic nitrogens is 1. The van der Waals surface area contributed by atoms with Gasteiger partial charge in [-0.1, -0.05) is 20.3 Å².